The molecule has 3 N–H and O–H groups in total. The maximum absolute atomic E-state index is 12.9. The molecule has 0 spiro atoms. The summed E-state index contributed by atoms with van der Waals surface area (Å²) < 4.78 is 0. The number of unbranched alkanes of at least 4 members (excludes halogenated alkanes) is 6. The van der Waals surface area contributed by atoms with Crippen molar-refractivity contribution in [1.29, 1.82) is 0 Å². The second-order valence-electron chi connectivity index (χ2n) is 8.65. The van der Waals surface area contributed by atoms with E-state index >= 15 is 0 Å². The monoisotopic (exact) mass is 457 g/mol. The van der Waals surface area contributed by atoms with Crippen molar-refractivity contribution in [2.24, 2.45) is 0 Å². The van der Waals surface area contributed by atoms with Crippen LogP contribution >= 0.6 is 0 Å². The number of anilines is 1. The van der Waals surface area contributed by atoms with Crippen molar-refractivity contribution in [3.05, 3.63) is 29.3 Å². The molecule has 2 heterocycles. The third-order valence-electron chi connectivity index (χ3n) is 6.18. The molecule has 178 valence electrons. The number of aliphatic carboxylic acids is 1. The van der Waals surface area contributed by atoms with Crippen LogP contribution in [0, 0.1) is 0 Å². The van der Waals surface area contributed by atoms with Gasteiger partial charge in [0.05, 0.1) is 11.1 Å². The molecule has 0 bridgehead atoms. The van der Waals surface area contributed by atoms with E-state index in [2.05, 4.69) is 17.6 Å². The highest BCUT2D eigenvalue weighted by molar-refractivity contribution is 6.23. The summed E-state index contributed by atoms with van der Waals surface area (Å²) in [7, 11) is 0. The second kappa shape index (κ2) is 11.1. The Bertz CT molecular complexity index is 944. The van der Waals surface area contributed by atoms with Crippen LogP contribution < -0.4 is 10.6 Å². The number of rotatable bonds is 12. The number of carboxylic acid groups (broad SMARTS) is 1. The second-order valence-corrected chi connectivity index (χ2v) is 8.65. The zero-order valence-electron chi connectivity index (χ0n) is 18.9. The van der Waals surface area contributed by atoms with Gasteiger partial charge in [-0.05, 0) is 31.0 Å². The van der Waals surface area contributed by atoms with Crippen molar-refractivity contribution in [3.63, 3.8) is 0 Å². The van der Waals surface area contributed by atoms with Gasteiger partial charge in [0, 0.05) is 12.1 Å². The summed E-state index contributed by atoms with van der Waals surface area (Å²) in [5.41, 5.74) is 0.708. The van der Waals surface area contributed by atoms with Crippen molar-refractivity contribution in [1.82, 2.24) is 10.2 Å². The Hall–Kier alpha value is -3.23. The van der Waals surface area contributed by atoms with Crippen LogP contribution in [0.25, 0.3) is 0 Å². The minimum absolute atomic E-state index is 0.0511. The van der Waals surface area contributed by atoms with Gasteiger partial charge in [-0.15, -0.1) is 0 Å². The highest BCUT2D eigenvalue weighted by atomic mass is 16.4. The molecule has 2 aliphatic rings. The summed E-state index contributed by atoms with van der Waals surface area (Å²) in [6.45, 7) is 2.16. The van der Waals surface area contributed by atoms with Gasteiger partial charge < -0.3 is 10.4 Å². The van der Waals surface area contributed by atoms with Gasteiger partial charge in [0.15, 0.2) is 0 Å². The molecule has 3 rings (SSSR count). The van der Waals surface area contributed by atoms with Crippen LogP contribution in [-0.4, -0.2) is 51.7 Å². The molecule has 2 atom stereocenters. The molecule has 9 nitrogen and oxygen atoms in total. The number of carbonyl (C=O) groups excluding carboxylic acids is 4. The number of piperidine rings is 1. The summed E-state index contributed by atoms with van der Waals surface area (Å²) in [5.74, 6) is -3.28. The van der Waals surface area contributed by atoms with Gasteiger partial charge in [-0.3, -0.25) is 29.4 Å². The van der Waals surface area contributed by atoms with Crippen LogP contribution in [0.1, 0.15) is 91.8 Å². The van der Waals surface area contributed by atoms with E-state index in [4.69, 9.17) is 0 Å². The quantitative estimate of drug-likeness (QED) is 0.324. The van der Waals surface area contributed by atoms with Crippen LogP contribution in [0.2, 0.25) is 0 Å². The molecular formula is C24H31N3O6. The van der Waals surface area contributed by atoms with E-state index in [1.54, 1.807) is 6.07 Å². The summed E-state index contributed by atoms with van der Waals surface area (Å²) in [6.07, 6.45) is 8.18. The Morgan fingerprint density at radius 2 is 1.73 bits per heavy atom. The summed E-state index contributed by atoms with van der Waals surface area (Å²) in [5, 5.41) is 14.7. The van der Waals surface area contributed by atoms with Crippen molar-refractivity contribution in [2.45, 2.75) is 83.2 Å². The number of fused-ring (bicyclic) bond motifs is 1. The first kappa shape index (κ1) is 24.4. The molecule has 1 fully saturated rings. The lowest BCUT2D eigenvalue weighted by Crippen LogP contribution is -2.54. The van der Waals surface area contributed by atoms with Gasteiger partial charge in [0.25, 0.3) is 11.8 Å². The fraction of sp³-hybridized carbons (Fsp3) is 0.542. The Kier molecular flexibility index (Phi) is 8.19. The van der Waals surface area contributed by atoms with Crippen molar-refractivity contribution in [2.75, 3.05) is 5.32 Å². The predicted octanol–water partition coefficient (Wildman–Crippen LogP) is 3.09. The van der Waals surface area contributed by atoms with Gasteiger partial charge in [0.2, 0.25) is 11.8 Å². The molecule has 0 aromatic heterocycles. The van der Waals surface area contributed by atoms with Gasteiger partial charge in [0.1, 0.15) is 12.1 Å². The molecule has 9 heteroatoms. The molecular weight excluding hydrogens is 426 g/mol. The van der Waals surface area contributed by atoms with Gasteiger partial charge >= 0.3 is 5.97 Å². The van der Waals surface area contributed by atoms with E-state index in [1.807, 2.05) is 0 Å². The summed E-state index contributed by atoms with van der Waals surface area (Å²) >= 11 is 0. The molecule has 1 saturated heterocycles. The van der Waals surface area contributed by atoms with Crippen LogP contribution in [0.3, 0.4) is 0 Å². The number of nitrogens with one attached hydrogen (secondary N) is 2. The smallest absolute Gasteiger partial charge is 0.326 e. The van der Waals surface area contributed by atoms with Gasteiger partial charge in [-0.1, -0.05) is 51.9 Å². The average molecular weight is 458 g/mol. The minimum atomic E-state index is -1.03. The molecule has 0 aliphatic carbocycles. The lowest BCUT2D eigenvalue weighted by atomic mass is 10.0. The fourth-order valence-corrected chi connectivity index (χ4v) is 4.32. The van der Waals surface area contributed by atoms with E-state index in [-0.39, 0.29) is 24.0 Å². The topological polar surface area (TPSA) is 133 Å². The van der Waals surface area contributed by atoms with Gasteiger partial charge in [-0.25, -0.2) is 4.79 Å². The Labute approximate surface area is 192 Å². The fourth-order valence-electron chi connectivity index (χ4n) is 4.32. The lowest BCUT2D eigenvalue weighted by Gasteiger charge is -2.27. The van der Waals surface area contributed by atoms with E-state index in [0.717, 1.165) is 30.6 Å². The van der Waals surface area contributed by atoms with E-state index in [9.17, 15) is 29.1 Å². The molecule has 0 saturated carbocycles. The van der Waals surface area contributed by atoms with Crippen molar-refractivity contribution in [3.8, 4) is 0 Å². The zero-order chi connectivity index (χ0) is 24.0. The summed E-state index contributed by atoms with van der Waals surface area (Å²) in [4.78, 5) is 61.9. The first-order valence-corrected chi connectivity index (χ1v) is 11.7. The standard InChI is InChI=1S/C24H31N3O6/c1-2-3-4-5-6-7-8-9-18(24(32)33)25-15-10-11-16-17(14-15)23(31)27(22(16)30)19-12-13-20(28)26-21(19)29/h10-11,14,18-19,25H,2-9,12-13H2,1H3,(H,32,33)(H,26,28,29). The van der Waals surface area contributed by atoms with E-state index in [1.165, 1.54) is 31.4 Å². The SMILES string of the molecule is CCCCCCCCCC(Nc1ccc2c(c1)C(=O)N(C1CCC(=O)NC1=O)C2=O)C(=O)O. The van der Waals surface area contributed by atoms with Gasteiger partial charge in [-0.2, -0.15) is 0 Å². The molecule has 2 aliphatic heterocycles. The predicted molar refractivity (Wildman–Crippen MR) is 121 cm³/mol. The third-order valence-corrected chi connectivity index (χ3v) is 6.18. The van der Waals surface area contributed by atoms with Crippen LogP contribution in [0.5, 0.6) is 0 Å². The Morgan fingerprint density at radius 1 is 1.06 bits per heavy atom. The molecule has 0 radical (unpaired) electrons. The average Bonchev–Trinajstić information content (AvgIpc) is 3.02. The number of amides is 4. The number of benzene rings is 1. The highest BCUT2D eigenvalue weighted by Gasteiger charge is 2.44. The third kappa shape index (κ3) is 5.77. The maximum atomic E-state index is 12.9. The molecule has 1 aromatic carbocycles. The van der Waals surface area contributed by atoms with Crippen molar-refractivity contribution < 1.29 is 29.1 Å². The molecule has 2 unspecified atom stereocenters. The largest absolute Gasteiger partial charge is 0.480 e. The maximum Gasteiger partial charge on any atom is 0.326 e. The Morgan fingerprint density at radius 3 is 2.39 bits per heavy atom. The number of hydrogen-bond donors (Lipinski definition) is 3. The Balaban J connectivity index is 1.63. The highest BCUT2D eigenvalue weighted by Crippen LogP contribution is 2.30. The zero-order valence-corrected chi connectivity index (χ0v) is 18.9. The van der Waals surface area contributed by atoms with Crippen LogP contribution in [-0.2, 0) is 14.4 Å². The lowest BCUT2D eigenvalue weighted by molar-refractivity contribution is -0.138. The van der Waals surface area contributed by atoms with Crippen LogP contribution in [0.15, 0.2) is 18.2 Å². The number of imide groups is 2. The van der Waals surface area contributed by atoms with E-state index in [0.29, 0.717) is 12.1 Å². The minimum Gasteiger partial charge on any atom is -0.480 e. The number of carboxylic acids is 1. The molecule has 1 aromatic rings. The van der Waals surface area contributed by atoms with Crippen molar-refractivity contribution >= 4 is 35.3 Å². The number of nitrogens with zero attached hydrogens (tertiary/aromatic N) is 1. The molecule has 33 heavy (non-hydrogen) atoms. The number of hydrogen-bond acceptors (Lipinski definition) is 6. The number of carbonyl (C=O) groups is 5. The first-order chi connectivity index (χ1) is 15.8. The molecule has 4 amide bonds. The van der Waals surface area contributed by atoms with E-state index < -0.39 is 41.7 Å². The normalized spacial score (nSPS) is 18.8. The summed E-state index contributed by atoms with van der Waals surface area (Å²) in [6, 6.07) is 2.66. The first-order valence-electron chi connectivity index (χ1n) is 11.7. The van der Waals surface area contributed by atoms with Crippen LogP contribution in [0.4, 0.5) is 5.69 Å².